The summed E-state index contributed by atoms with van der Waals surface area (Å²) >= 11 is 0. The van der Waals surface area contributed by atoms with E-state index in [0.29, 0.717) is 18.5 Å². The molecule has 0 aromatic heterocycles. The largest absolute Gasteiger partial charge is 0.480 e. The van der Waals surface area contributed by atoms with Crippen LogP contribution < -0.4 is 5.32 Å². The van der Waals surface area contributed by atoms with E-state index >= 15 is 0 Å². The van der Waals surface area contributed by atoms with Crippen molar-refractivity contribution in [2.45, 2.75) is 31.8 Å². The Morgan fingerprint density at radius 3 is 2.58 bits per heavy atom. The Hall–Kier alpha value is -2.37. The molecule has 2 N–H and O–H groups in total. The van der Waals surface area contributed by atoms with Crippen molar-refractivity contribution in [2.75, 3.05) is 11.9 Å². The fraction of sp³-hybridized carbons (Fsp3) is 0.300. The van der Waals surface area contributed by atoms with Gasteiger partial charge >= 0.3 is 5.97 Å². The lowest BCUT2D eigenvalue weighted by Crippen LogP contribution is -2.44. The number of para-hydroxylation sites is 1. The molecule has 3 rings (SSSR count). The van der Waals surface area contributed by atoms with Gasteiger partial charge in [0.25, 0.3) is 5.91 Å². The van der Waals surface area contributed by atoms with Crippen molar-refractivity contribution in [2.24, 2.45) is 0 Å². The van der Waals surface area contributed by atoms with Gasteiger partial charge in [-0.2, -0.15) is 0 Å². The van der Waals surface area contributed by atoms with Gasteiger partial charge < -0.3 is 10.4 Å². The Balaban J connectivity index is 0.00000243. The number of rotatable bonds is 5. The number of carbonyl (C=O) groups excluding carboxylic acids is 1. The monoisotopic (exact) mass is 374 g/mol. The fourth-order valence-corrected chi connectivity index (χ4v) is 3.23. The lowest BCUT2D eigenvalue weighted by atomic mass is 10.0. The smallest absolute Gasteiger partial charge is 0.320 e. The highest BCUT2D eigenvalue weighted by Gasteiger charge is 2.28. The number of hydrogen-bond acceptors (Lipinski definition) is 3. The molecule has 0 aliphatic carbocycles. The van der Waals surface area contributed by atoms with Crippen molar-refractivity contribution in [1.82, 2.24) is 4.90 Å². The van der Waals surface area contributed by atoms with E-state index in [-0.39, 0.29) is 18.3 Å². The van der Waals surface area contributed by atoms with E-state index in [9.17, 15) is 14.7 Å². The average Bonchev–Trinajstić information content (AvgIpc) is 2.63. The zero-order valence-corrected chi connectivity index (χ0v) is 15.2. The summed E-state index contributed by atoms with van der Waals surface area (Å²) in [5.41, 5.74) is 2.28. The van der Waals surface area contributed by atoms with Crippen molar-refractivity contribution in [1.29, 1.82) is 0 Å². The second-order valence-corrected chi connectivity index (χ2v) is 6.34. The predicted octanol–water partition coefficient (Wildman–Crippen LogP) is 3.80. The molecule has 6 heteroatoms. The molecule has 2 aromatic carbocycles. The number of aliphatic carboxylic acids is 1. The van der Waals surface area contributed by atoms with Crippen LogP contribution in [0, 0.1) is 0 Å². The van der Waals surface area contributed by atoms with Crippen LogP contribution in [0.2, 0.25) is 0 Å². The van der Waals surface area contributed by atoms with E-state index < -0.39 is 12.0 Å². The van der Waals surface area contributed by atoms with Crippen LogP contribution in [-0.2, 0) is 11.3 Å². The van der Waals surface area contributed by atoms with Crippen LogP contribution >= 0.6 is 12.4 Å². The number of carboxylic acids is 1. The van der Waals surface area contributed by atoms with Gasteiger partial charge in [0.15, 0.2) is 0 Å². The highest BCUT2D eigenvalue weighted by atomic mass is 35.5. The summed E-state index contributed by atoms with van der Waals surface area (Å²) in [4.78, 5) is 25.8. The van der Waals surface area contributed by atoms with E-state index in [4.69, 9.17) is 0 Å². The molecule has 5 nitrogen and oxygen atoms in total. The molecule has 1 atom stereocenters. The first-order chi connectivity index (χ1) is 12.1. The highest BCUT2D eigenvalue weighted by Crippen LogP contribution is 2.20. The molecule has 26 heavy (non-hydrogen) atoms. The molecule has 0 bridgehead atoms. The second kappa shape index (κ2) is 9.36. The first kappa shape index (κ1) is 19.9. The summed E-state index contributed by atoms with van der Waals surface area (Å²) in [5.74, 6) is -0.931. The Morgan fingerprint density at radius 1 is 1.08 bits per heavy atom. The number of piperidine rings is 1. The number of benzene rings is 2. The van der Waals surface area contributed by atoms with Crippen molar-refractivity contribution in [3.63, 3.8) is 0 Å². The van der Waals surface area contributed by atoms with E-state index in [1.165, 1.54) is 0 Å². The normalized spacial score (nSPS) is 17.2. The highest BCUT2D eigenvalue weighted by molar-refractivity contribution is 6.04. The molecule has 138 valence electrons. The van der Waals surface area contributed by atoms with Gasteiger partial charge in [-0.3, -0.25) is 14.5 Å². The minimum Gasteiger partial charge on any atom is -0.480 e. The van der Waals surface area contributed by atoms with E-state index in [1.807, 2.05) is 53.4 Å². The maximum absolute atomic E-state index is 12.4. The lowest BCUT2D eigenvalue weighted by molar-refractivity contribution is -0.144. The second-order valence-electron chi connectivity index (χ2n) is 6.34. The van der Waals surface area contributed by atoms with Gasteiger partial charge in [0.05, 0.1) is 0 Å². The fourth-order valence-electron chi connectivity index (χ4n) is 3.23. The first-order valence-corrected chi connectivity index (χ1v) is 8.56. The molecule has 1 saturated heterocycles. The molecule has 2 aromatic rings. The SMILES string of the molecule is Cl.O=C(Nc1ccccc1)c1cccc(CN2CCCCC2C(=O)O)c1. The zero-order chi connectivity index (χ0) is 17.6. The van der Waals surface area contributed by atoms with Crippen molar-refractivity contribution in [3.05, 3.63) is 65.7 Å². The average molecular weight is 375 g/mol. The summed E-state index contributed by atoms with van der Waals surface area (Å²) in [6, 6.07) is 16.3. The van der Waals surface area contributed by atoms with Gasteiger partial charge in [-0.15, -0.1) is 12.4 Å². The number of halogens is 1. The van der Waals surface area contributed by atoms with Crippen LogP contribution in [0.1, 0.15) is 35.2 Å². The lowest BCUT2D eigenvalue weighted by Gasteiger charge is -2.32. The minimum absolute atomic E-state index is 0. The third-order valence-electron chi connectivity index (χ3n) is 4.51. The van der Waals surface area contributed by atoms with Crippen molar-refractivity contribution >= 4 is 30.0 Å². The van der Waals surface area contributed by atoms with Crippen LogP contribution in [0.3, 0.4) is 0 Å². The van der Waals surface area contributed by atoms with Gasteiger partial charge in [-0.05, 0) is 49.2 Å². The maximum atomic E-state index is 12.4. The van der Waals surface area contributed by atoms with Crippen LogP contribution in [-0.4, -0.2) is 34.5 Å². The van der Waals surface area contributed by atoms with Gasteiger partial charge in [0.1, 0.15) is 6.04 Å². The molecule has 0 saturated carbocycles. The predicted molar refractivity (Wildman–Crippen MR) is 104 cm³/mol. The van der Waals surface area contributed by atoms with Crippen molar-refractivity contribution in [3.8, 4) is 0 Å². The molecule has 1 aliphatic heterocycles. The number of nitrogens with zero attached hydrogens (tertiary/aromatic N) is 1. The molecule has 1 heterocycles. The van der Waals surface area contributed by atoms with E-state index in [2.05, 4.69) is 5.32 Å². The summed E-state index contributed by atoms with van der Waals surface area (Å²) in [7, 11) is 0. The quantitative estimate of drug-likeness (QED) is 0.835. The number of carbonyl (C=O) groups is 2. The molecule has 1 fully saturated rings. The molecule has 1 aliphatic rings. The van der Waals surface area contributed by atoms with Gasteiger partial charge in [0.2, 0.25) is 0 Å². The number of hydrogen-bond donors (Lipinski definition) is 2. The maximum Gasteiger partial charge on any atom is 0.320 e. The van der Waals surface area contributed by atoms with Crippen LogP contribution in [0.5, 0.6) is 0 Å². The number of carboxylic acid groups (broad SMARTS) is 1. The topological polar surface area (TPSA) is 69.6 Å². The molecule has 0 radical (unpaired) electrons. The number of anilines is 1. The molecule has 0 spiro atoms. The van der Waals surface area contributed by atoms with Crippen LogP contribution in [0.15, 0.2) is 54.6 Å². The summed E-state index contributed by atoms with van der Waals surface area (Å²) < 4.78 is 0. The molecular formula is C20H23ClN2O3. The van der Waals surface area contributed by atoms with Gasteiger partial charge in [-0.1, -0.05) is 36.8 Å². The van der Waals surface area contributed by atoms with Crippen LogP contribution in [0.25, 0.3) is 0 Å². The zero-order valence-electron chi connectivity index (χ0n) is 14.4. The number of likely N-dealkylation sites (tertiary alicyclic amines) is 1. The Kier molecular flexibility index (Phi) is 7.18. The summed E-state index contributed by atoms with van der Waals surface area (Å²) in [6.45, 7) is 1.32. The molecular weight excluding hydrogens is 352 g/mol. The van der Waals surface area contributed by atoms with Crippen molar-refractivity contribution < 1.29 is 14.7 Å². The number of nitrogens with one attached hydrogen (secondary N) is 1. The molecule has 1 unspecified atom stereocenters. The standard InChI is InChI=1S/C20H22N2O3.ClH/c23-19(21-17-9-2-1-3-10-17)16-8-6-7-15(13-16)14-22-12-5-4-11-18(22)20(24)25;/h1-3,6-10,13,18H,4-5,11-12,14H2,(H,21,23)(H,24,25);1H. The molecule has 1 amide bonds. The van der Waals surface area contributed by atoms with E-state index in [0.717, 1.165) is 30.6 Å². The minimum atomic E-state index is -0.766. The number of amides is 1. The summed E-state index contributed by atoms with van der Waals surface area (Å²) in [5, 5.41) is 12.3. The van der Waals surface area contributed by atoms with E-state index in [1.54, 1.807) is 6.07 Å². The third kappa shape index (κ3) is 5.07. The van der Waals surface area contributed by atoms with Crippen LogP contribution in [0.4, 0.5) is 5.69 Å². The third-order valence-corrected chi connectivity index (χ3v) is 4.51. The Bertz CT molecular complexity index is 752. The first-order valence-electron chi connectivity index (χ1n) is 8.56. The van der Waals surface area contributed by atoms with Gasteiger partial charge in [-0.25, -0.2) is 0 Å². The Labute approximate surface area is 159 Å². The Morgan fingerprint density at radius 2 is 1.85 bits per heavy atom. The summed E-state index contributed by atoms with van der Waals surface area (Å²) in [6.07, 6.45) is 2.65. The van der Waals surface area contributed by atoms with Gasteiger partial charge in [0, 0.05) is 17.8 Å².